The van der Waals surface area contributed by atoms with Crippen molar-refractivity contribution in [1.82, 2.24) is 0 Å². The quantitative estimate of drug-likeness (QED) is 0.512. The summed E-state index contributed by atoms with van der Waals surface area (Å²) in [6, 6.07) is 25.9. The van der Waals surface area contributed by atoms with Gasteiger partial charge in [-0.2, -0.15) is 5.26 Å². The van der Waals surface area contributed by atoms with Gasteiger partial charge in [0.05, 0.1) is 10.5 Å². The van der Waals surface area contributed by atoms with Crippen molar-refractivity contribution in [2.75, 3.05) is 0 Å². The van der Waals surface area contributed by atoms with E-state index in [4.69, 9.17) is 4.74 Å². The number of ether oxygens (including phenoxy) is 1. The van der Waals surface area contributed by atoms with E-state index in [2.05, 4.69) is 6.07 Å². The first-order valence-electron chi connectivity index (χ1n) is 7.62. The zero-order chi connectivity index (χ0) is 17.7. The van der Waals surface area contributed by atoms with E-state index in [-0.39, 0.29) is 11.3 Å². The molecule has 0 spiro atoms. The van der Waals surface area contributed by atoms with Crippen molar-refractivity contribution in [2.45, 2.75) is 5.60 Å². The largest absolute Gasteiger partial charge is 0.464 e. The SMILES string of the molecule is N#CC(Oc1ccccc1)(c1ccccc1)c1ccccc1[N+](=O)[O-]. The van der Waals surface area contributed by atoms with Crippen LogP contribution in [0.15, 0.2) is 84.9 Å². The molecule has 0 aliphatic heterocycles. The highest BCUT2D eigenvalue weighted by Gasteiger charge is 2.42. The van der Waals surface area contributed by atoms with Gasteiger partial charge >= 0.3 is 0 Å². The zero-order valence-electron chi connectivity index (χ0n) is 13.2. The maximum absolute atomic E-state index is 11.5. The molecule has 0 heterocycles. The lowest BCUT2D eigenvalue weighted by molar-refractivity contribution is -0.386. The second-order valence-electron chi connectivity index (χ2n) is 5.35. The maximum Gasteiger partial charge on any atom is 0.278 e. The molecule has 0 aliphatic rings. The molecule has 0 radical (unpaired) electrons. The van der Waals surface area contributed by atoms with Crippen LogP contribution in [0, 0.1) is 21.4 Å². The molecule has 1 unspecified atom stereocenters. The van der Waals surface area contributed by atoms with E-state index in [9.17, 15) is 15.4 Å². The highest BCUT2D eigenvalue weighted by atomic mass is 16.6. The second kappa shape index (κ2) is 6.85. The Morgan fingerprint density at radius 1 is 0.880 bits per heavy atom. The Bertz CT molecular complexity index is 920. The van der Waals surface area contributed by atoms with Crippen molar-refractivity contribution >= 4 is 5.69 Å². The molecule has 3 aromatic rings. The predicted molar refractivity (Wildman–Crippen MR) is 93.0 cm³/mol. The van der Waals surface area contributed by atoms with Crippen LogP contribution in [-0.4, -0.2) is 4.92 Å². The van der Waals surface area contributed by atoms with E-state index >= 15 is 0 Å². The molecule has 0 fully saturated rings. The van der Waals surface area contributed by atoms with Gasteiger partial charge in [0.2, 0.25) is 0 Å². The Morgan fingerprint density at radius 3 is 2.04 bits per heavy atom. The molecule has 0 saturated carbocycles. The van der Waals surface area contributed by atoms with Crippen molar-refractivity contribution in [1.29, 1.82) is 5.26 Å². The van der Waals surface area contributed by atoms with E-state index in [1.54, 1.807) is 66.7 Å². The van der Waals surface area contributed by atoms with Crippen LogP contribution in [-0.2, 0) is 5.60 Å². The van der Waals surface area contributed by atoms with Gasteiger partial charge in [-0.1, -0.05) is 60.7 Å². The average molecular weight is 330 g/mol. The minimum Gasteiger partial charge on any atom is -0.464 e. The number of para-hydroxylation sites is 2. The number of rotatable bonds is 5. The lowest BCUT2D eigenvalue weighted by Crippen LogP contribution is -2.33. The van der Waals surface area contributed by atoms with Crippen LogP contribution in [0.3, 0.4) is 0 Å². The van der Waals surface area contributed by atoms with Crippen LogP contribution in [0.5, 0.6) is 5.75 Å². The number of nitrogens with zero attached hydrogens (tertiary/aromatic N) is 2. The van der Waals surface area contributed by atoms with Gasteiger partial charge < -0.3 is 4.74 Å². The van der Waals surface area contributed by atoms with Gasteiger partial charge in [0.15, 0.2) is 0 Å². The second-order valence-corrected chi connectivity index (χ2v) is 5.35. The molecule has 122 valence electrons. The van der Waals surface area contributed by atoms with Crippen LogP contribution in [0.25, 0.3) is 0 Å². The summed E-state index contributed by atoms with van der Waals surface area (Å²) >= 11 is 0. The Hall–Kier alpha value is -3.65. The highest BCUT2D eigenvalue weighted by Crippen LogP contribution is 2.39. The lowest BCUT2D eigenvalue weighted by atomic mass is 9.86. The molecule has 5 nitrogen and oxygen atoms in total. The Kier molecular flexibility index (Phi) is 4.44. The fourth-order valence-electron chi connectivity index (χ4n) is 2.69. The molecule has 0 bridgehead atoms. The van der Waals surface area contributed by atoms with Crippen molar-refractivity contribution < 1.29 is 9.66 Å². The van der Waals surface area contributed by atoms with E-state index in [0.29, 0.717) is 11.3 Å². The summed E-state index contributed by atoms with van der Waals surface area (Å²) in [4.78, 5) is 11.0. The topological polar surface area (TPSA) is 76.2 Å². The van der Waals surface area contributed by atoms with Crippen molar-refractivity contribution in [3.63, 3.8) is 0 Å². The molecule has 0 saturated heterocycles. The highest BCUT2D eigenvalue weighted by molar-refractivity contribution is 5.54. The molecule has 0 N–H and O–H groups in total. The monoisotopic (exact) mass is 330 g/mol. The van der Waals surface area contributed by atoms with Crippen LogP contribution >= 0.6 is 0 Å². The first kappa shape index (κ1) is 16.2. The van der Waals surface area contributed by atoms with Crippen LogP contribution in [0.4, 0.5) is 5.69 Å². The van der Waals surface area contributed by atoms with E-state index in [1.165, 1.54) is 6.07 Å². The van der Waals surface area contributed by atoms with Crippen molar-refractivity contribution in [3.8, 4) is 11.8 Å². The molecular formula is C20H14N2O3. The number of nitro benzene ring substituents is 1. The van der Waals surface area contributed by atoms with E-state index in [0.717, 1.165) is 0 Å². The minimum atomic E-state index is -1.63. The van der Waals surface area contributed by atoms with Crippen LogP contribution in [0.2, 0.25) is 0 Å². The number of hydrogen-bond donors (Lipinski definition) is 0. The predicted octanol–water partition coefficient (Wildman–Crippen LogP) is 4.44. The fourth-order valence-corrected chi connectivity index (χ4v) is 2.69. The molecule has 0 aromatic heterocycles. The summed E-state index contributed by atoms with van der Waals surface area (Å²) in [6.45, 7) is 0. The van der Waals surface area contributed by atoms with Crippen molar-refractivity contribution in [3.05, 3.63) is 106 Å². The molecule has 0 aliphatic carbocycles. The van der Waals surface area contributed by atoms with Gasteiger partial charge in [-0.3, -0.25) is 10.1 Å². The van der Waals surface area contributed by atoms with Gasteiger partial charge in [0.1, 0.15) is 11.8 Å². The molecule has 0 amide bonds. The minimum absolute atomic E-state index is 0.163. The van der Waals surface area contributed by atoms with Gasteiger partial charge in [-0.25, -0.2) is 0 Å². The number of benzene rings is 3. The summed E-state index contributed by atoms with van der Waals surface area (Å²) in [5.41, 5.74) is -1.08. The van der Waals surface area contributed by atoms with Crippen molar-refractivity contribution in [2.24, 2.45) is 0 Å². The first-order valence-corrected chi connectivity index (χ1v) is 7.62. The third-order valence-corrected chi connectivity index (χ3v) is 3.83. The molecular weight excluding hydrogens is 316 g/mol. The molecule has 25 heavy (non-hydrogen) atoms. The van der Waals surface area contributed by atoms with Crippen LogP contribution < -0.4 is 4.74 Å². The Labute approximate surface area is 144 Å². The summed E-state index contributed by atoms with van der Waals surface area (Å²) in [5.74, 6) is 0.450. The van der Waals surface area contributed by atoms with Gasteiger partial charge in [-0.05, 0) is 18.2 Å². The van der Waals surface area contributed by atoms with E-state index < -0.39 is 10.5 Å². The van der Waals surface area contributed by atoms with Gasteiger partial charge in [0.25, 0.3) is 11.3 Å². The standard InChI is InChI=1S/C20H14N2O3/c21-15-20(16-9-3-1-4-10-16,25-17-11-5-2-6-12-17)18-13-7-8-14-19(18)22(23)24/h1-14H. The van der Waals surface area contributed by atoms with Gasteiger partial charge in [-0.15, -0.1) is 0 Å². The summed E-state index contributed by atoms with van der Waals surface area (Å²) < 4.78 is 6.05. The normalized spacial score (nSPS) is 12.6. The maximum atomic E-state index is 11.5. The molecule has 3 rings (SSSR count). The third-order valence-electron chi connectivity index (χ3n) is 3.83. The lowest BCUT2D eigenvalue weighted by Gasteiger charge is -2.28. The number of hydrogen-bond acceptors (Lipinski definition) is 4. The smallest absolute Gasteiger partial charge is 0.278 e. The zero-order valence-corrected chi connectivity index (χ0v) is 13.2. The molecule has 5 heteroatoms. The molecule has 1 atom stereocenters. The number of nitro groups is 1. The first-order chi connectivity index (χ1) is 12.2. The van der Waals surface area contributed by atoms with E-state index in [1.807, 2.05) is 12.1 Å². The summed E-state index contributed by atoms with van der Waals surface area (Å²) in [7, 11) is 0. The average Bonchev–Trinajstić information content (AvgIpc) is 2.67. The number of nitriles is 1. The van der Waals surface area contributed by atoms with Crippen LogP contribution in [0.1, 0.15) is 11.1 Å². The fraction of sp³-hybridized carbons (Fsp3) is 0.0500. The Morgan fingerprint density at radius 2 is 1.44 bits per heavy atom. The summed E-state index contributed by atoms with van der Waals surface area (Å²) in [5, 5.41) is 21.6. The molecule has 3 aromatic carbocycles. The third kappa shape index (κ3) is 3.06. The Balaban J connectivity index is 2.26. The van der Waals surface area contributed by atoms with Gasteiger partial charge in [0, 0.05) is 11.6 Å². The summed E-state index contributed by atoms with van der Waals surface area (Å²) in [6.07, 6.45) is 0.